The number of rotatable bonds is 11. The lowest BCUT2D eigenvalue weighted by Gasteiger charge is -2.14. The van der Waals surface area contributed by atoms with Gasteiger partial charge >= 0.3 is 0 Å². The first-order valence-electron chi connectivity index (χ1n) is 11.8. The third-order valence-corrected chi connectivity index (χ3v) is 5.87. The molecule has 4 aromatic carbocycles. The van der Waals surface area contributed by atoms with Crippen LogP contribution in [0.15, 0.2) is 109 Å². The minimum atomic E-state index is -0.129. The van der Waals surface area contributed by atoms with Crippen LogP contribution >= 0.6 is 0 Å². The molecule has 34 heavy (non-hydrogen) atoms. The van der Waals surface area contributed by atoms with E-state index in [0.717, 1.165) is 46.6 Å². The standard InChI is InChI=1S/C30H32N2O2/c31-29(23-9-3-1-4-10-23)25-13-17-27(18-14-25)33-21-7-8-22-34-28-19-15-26(16-20-28)30(32)24-11-5-2-6-12-24/h1-6,9-20,29-30H,7-8,21-22,31-32H2. The van der Waals surface area contributed by atoms with E-state index in [-0.39, 0.29) is 12.1 Å². The van der Waals surface area contributed by atoms with Crippen LogP contribution in [0.5, 0.6) is 11.5 Å². The highest BCUT2D eigenvalue weighted by atomic mass is 16.5. The van der Waals surface area contributed by atoms with Gasteiger partial charge in [-0.05, 0) is 59.4 Å². The van der Waals surface area contributed by atoms with Gasteiger partial charge in [-0.25, -0.2) is 0 Å². The Morgan fingerprint density at radius 3 is 1.12 bits per heavy atom. The van der Waals surface area contributed by atoms with Gasteiger partial charge in [0, 0.05) is 0 Å². The lowest BCUT2D eigenvalue weighted by Crippen LogP contribution is -2.11. The normalized spacial score (nSPS) is 12.6. The summed E-state index contributed by atoms with van der Waals surface area (Å²) in [6.45, 7) is 1.30. The second kappa shape index (κ2) is 12.0. The molecule has 0 radical (unpaired) electrons. The van der Waals surface area contributed by atoms with E-state index in [1.807, 2.05) is 109 Å². The molecule has 0 amide bonds. The molecular formula is C30H32N2O2. The van der Waals surface area contributed by atoms with Crippen molar-refractivity contribution in [3.63, 3.8) is 0 Å². The molecule has 0 aromatic heterocycles. The first-order chi connectivity index (χ1) is 16.7. The smallest absolute Gasteiger partial charge is 0.119 e. The van der Waals surface area contributed by atoms with Gasteiger partial charge in [-0.15, -0.1) is 0 Å². The molecule has 2 unspecified atom stereocenters. The molecule has 0 bridgehead atoms. The van der Waals surface area contributed by atoms with E-state index in [9.17, 15) is 0 Å². The molecule has 0 heterocycles. The topological polar surface area (TPSA) is 70.5 Å². The van der Waals surface area contributed by atoms with Gasteiger partial charge in [-0.1, -0.05) is 84.9 Å². The molecule has 0 saturated carbocycles. The predicted molar refractivity (Wildman–Crippen MR) is 138 cm³/mol. The molecule has 0 saturated heterocycles. The van der Waals surface area contributed by atoms with Crippen LogP contribution in [-0.2, 0) is 0 Å². The van der Waals surface area contributed by atoms with Gasteiger partial charge in [0.2, 0.25) is 0 Å². The molecule has 0 fully saturated rings. The fourth-order valence-corrected chi connectivity index (χ4v) is 3.83. The largest absolute Gasteiger partial charge is 0.494 e. The fourth-order valence-electron chi connectivity index (χ4n) is 3.83. The van der Waals surface area contributed by atoms with Crippen LogP contribution in [0.25, 0.3) is 0 Å². The van der Waals surface area contributed by atoms with E-state index in [1.165, 1.54) is 0 Å². The van der Waals surface area contributed by atoms with Gasteiger partial charge in [0.25, 0.3) is 0 Å². The van der Waals surface area contributed by atoms with Crippen LogP contribution < -0.4 is 20.9 Å². The Morgan fingerprint density at radius 2 is 0.765 bits per heavy atom. The minimum Gasteiger partial charge on any atom is -0.494 e. The van der Waals surface area contributed by atoms with Crippen molar-refractivity contribution in [3.8, 4) is 11.5 Å². The van der Waals surface area contributed by atoms with Crippen molar-refractivity contribution in [1.29, 1.82) is 0 Å². The summed E-state index contributed by atoms with van der Waals surface area (Å²) in [5, 5.41) is 0. The Labute approximate surface area is 202 Å². The lowest BCUT2D eigenvalue weighted by molar-refractivity contribution is 0.266. The summed E-state index contributed by atoms with van der Waals surface area (Å²) in [5.41, 5.74) is 17.1. The molecule has 4 N–H and O–H groups in total. The van der Waals surface area contributed by atoms with Gasteiger partial charge < -0.3 is 20.9 Å². The zero-order valence-corrected chi connectivity index (χ0v) is 19.3. The van der Waals surface area contributed by atoms with Gasteiger partial charge in [0.1, 0.15) is 11.5 Å². The molecule has 4 aromatic rings. The quantitative estimate of drug-likeness (QED) is 0.273. The van der Waals surface area contributed by atoms with E-state index in [4.69, 9.17) is 20.9 Å². The highest BCUT2D eigenvalue weighted by Crippen LogP contribution is 2.23. The van der Waals surface area contributed by atoms with Crippen LogP contribution in [0.4, 0.5) is 0 Å². The zero-order valence-electron chi connectivity index (χ0n) is 19.3. The van der Waals surface area contributed by atoms with E-state index < -0.39 is 0 Å². The monoisotopic (exact) mass is 452 g/mol. The van der Waals surface area contributed by atoms with Gasteiger partial charge in [-0.3, -0.25) is 0 Å². The molecule has 0 spiro atoms. The second-order valence-electron chi connectivity index (χ2n) is 8.32. The first kappa shape index (κ1) is 23.6. The number of hydrogen-bond donors (Lipinski definition) is 2. The minimum absolute atomic E-state index is 0.129. The molecular weight excluding hydrogens is 420 g/mol. The molecule has 2 atom stereocenters. The Kier molecular flexibility index (Phi) is 8.33. The summed E-state index contributed by atoms with van der Waals surface area (Å²) in [4.78, 5) is 0. The molecule has 0 aliphatic rings. The third kappa shape index (κ3) is 6.47. The van der Waals surface area contributed by atoms with Crippen LogP contribution in [0, 0.1) is 0 Å². The van der Waals surface area contributed by atoms with Crippen molar-refractivity contribution in [2.45, 2.75) is 24.9 Å². The maximum atomic E-state index is 6.36. The molecule has 0 aliphatic heterocycles. The maximum absolute atomic E-state index is 6.36. The van der Waals surface area contributed by atoms with Crippen molar-refractivity contribution in [2.24, 2.45) is 11.5 Å². The lowest BCUT2D eigenvalue weighted by atomic mass is 10.00. The average molecular weight is 453 g/mol. The van der Waals surface area contributed by atoms with Crippen molar-refractivity contribution < 1.29 is 9.47 Å². The van der Waals surface area contributed by atoms with Gasteiger partial charge in [-0.2, -0.15) is 0 Å². The number of ether oxygens (including phenoxy) is 2. The van der Waals surface area contributed by atoms with Crippen molar-refractivity contribution in [1.82, 2.24) is 0 Å². The number of hydrogen-bond acceptors (Lipinski definition) is 4. The zero-order chi connectivity index (χ0) is 23.6. The summed E-state index contributed by atoms with van der Waals surface area (Å²) in [6.07, 6.45) is 1.84. The Bertz CT molecular complexity index is 1020. The maximum Gasteiger partial charge on any atom is 0.119 e. The van der Waals surface area contributed by atoms with E-state index in [0.29, 0.717) is 13.2 Å². The number of unbranched alkanes of at least 4 members (excludes halogenated alkanes) is 1. The highest BCUT2D eigenvalue weighted by molar-refractivity contribution is 5.36. The highest BCUT2D eigenvalue weighted by Gasteiger charge is 2.09. The summed E-state index contributed by atoms with van der Waals surface area (Å²) in [7, 11) is 0. The summed E-state index contributed by atoms with van der Waals surface area (Å²) in [5.74, 6) is 1.71. The molecule has 174 valence electrons. The van der Waals surface area contributed by atoms with Crippen LogP contribution in [0.3, 0.4) is 0 Å². The van der Waals surface area contributed by atoms with Crippen molar-refractivity contribution in [3.05, 3.63) is 131 Å². The van der Waals surface area contributed by atoms with Crippen molar-refractivity contribution in [2.75, 3.05) is 13.2 Å². The number of benzene rings is 4. The molecule has 0 aliphatic carbocycles. The third-order valence-electron chi connectivity index (χ3n) is 5.87. The second-order valence-corrected chi connectivity index (χ2v) is 8.32. The summed E-state index contributed by atoms with van der Waals surface area (Å²) < 4.78 is 11.7. The average Bonchev–Trinajstić information content (AvgIpc) is 2.91. The Hall–Kier alpha value is -3.60. The van der Waals surface area contributed by atoms with Crippen molar-refractivity contribution >= 4 is 0 Å². The van der Waals surface area contributed by atoms with Crippen LogP contribution in [0.2, 0.25) is 0 Å². The summed E-state index contributed by atoms with van der Waals surface area (Å²) in [6, 6.07) is 36.0. The van der Waals surface area contributed by atoms with E-state index in [1.54, 1.807) is 0 Å². The number of nitrogens with two attached hydrogens (primary N) is 2. The first-order valence-corrected chi connectivity index (χ1v) is 11.8. The molecule has 4 nitrogen and oxygen atoms in total. The summed E-state index contributed by atoms with van der Waals surface area (Å²) >= 11 is 0. The Balaban J connectivity index is 1.15. The van der Waals surface area contributed by atoms with Crippen LogP contribution in [-0.4, -0.2) is 13.2 Å². The van der Waals surface area contributed by atoms with Gasteiger partial charge in [0.15, 0.2) is 0 Å². The fraction of sp³-hybridized carbons (Fsp3) is 0.200. The molecule has 4 heteroatoms. The van der Waals surface area contributed by atoms with Gasteiger partial charge in [0.05, 0.1) is 25.3 Å². The van der Waals surface area contributed by atoms with E-state index >= 15 is 0 Å². The SMILES string of the molecule is NC(c1ccccc1)c1ccc(OCCCCOc2ccc(C(N)c3ccccc3)cc2)cc1. The van der Waals surface area contributed by atoms with Crippen LogP contribution in [0.1, 0.15) is 47.2 Å². The van der Waals surface area contributed by atoms with E-state index in [2.05, 4.69) is 0 Å². The predicted octanol–water partition coefficient (Wildman–Crippen LogP) is 6.02. The molecule has 4 rings (SSSR count). The Morgan fingerprint density at radius 1 is 0.441 bits per heavy atom.